The molecule has 0 spiro atoms. The molecule has 1 aromatic rings. The predicted octanol–water partition coefficient (Wildman–Crippen LogP) is 2.11. The summed E-state index contributed by atoms with van der Waals surface area (Å²) >= 11 is 0. The first-order chi connectivity index (χ1) is 9.06. The van der Waals surface area contributed by atoms with Gasteiger partial charge in [0.15, 0.2) is 0 Å². The van der Waals surface area contributed by atoms with Crippen LogP contribution >= 0.6 is 0 Å². The molecule has 0 aromatic heterocycles. The molecular formula is C14H18F2N2O. The summed E-state index contributed by atoms with van der Waals surface area (Å²) in [6.07, 6.45) is 2.84. The Morgan fingerprint density at radius 1 is 1.42 bits per heavy atom. The number of carbonyl (C=O) groups is 1. The number of nitrogens with one attached hydrogen (secondary N) is 2. The van der Waals surface area contributed by atoms with Crippen molar-refractivity contribution in [3.8, 4) is 0 Å². The summed E-state index contributed by atoms with van der Waals surface area (Å²) in [5.41, 5.74) is 0.164. The van der Waals surface area contributed by atoms with Crippen LogP contribution in [0.15, 0.2) is 18.2 Å². The Hall–Kier alpha value is -1.49. The molecule has 2 unspecified atom stereocenters. The molecule has 0 bridgehead atoms. The lowest BCUT2D eigenvalue weighted by Gasteiger charge is -2.27. The fourth-order valence-corrected chi connectivity index (χ4v) is 2.33. The van der Waals surface area contributed by atoms with Crippen molar-refractivity contribution < 1.29 is 13.6 Å². The first-order valence-electron chi connectivity index (χ1n) is 6.54. The lowest BCUT2D eigenvalue weighted by atomic mass is 9.99. The highest BCUT2D eigenvalue weighted by molar-refractivity contribution is 5.81. The van der Waals surface area contributed by atoms with Crippen molar-refractivity contribution in [2.75, 3.05) is 0 Å². The third-order valence-corrected chi connectivity index (χ3v) is 3.39. The molecule has 1 fully saturated rings. The van der Waals surface area contributed by atoms with Crippen LogP contribution in [0.5, 0.6) is 0 Å². The minimum atomic E-state index is -0.508. The maximum atomic E-state index is 13.4. The van der Waals surface area contributed by atoms with Gasteiger partial charge >= 0.3 is 0 Å². The third-order valence-electron chi connectivity index (χ3n) is 3.39. The number of amides is 1. The van der Waals surface area contributed by atoms with Crippen molar-refractivity contribution in [2.24, 2.45) is 0 Å². The van der Waals surface area contributed by atoms with Gasteiger partial charge in [0.25, 0.3) is 0 Å². The normalized spacial score (nSPS) is 23.1. The highest BCUT2D eigenvalue weighted by Gasteiger charge is 2.23. The standard InChI is InChI=1S/C14H18F2N2O/c1-9-3-2-4-13(18-9)14(19)17-8-10-7-11(15)5-6-12(10)16/h5-7,9,13,18H,2-4,8H2,1H3,(H,17,19). The van der Waals surface area contributed by atoms with Crippen LogP contribution in [-0.2, 0) is 11.3 Å². The minimum absolute atomic E-state index is 0.00892. The molecule has 2 N–H and O–H groups in total. The van der Waals surface area contributed by atoms with Gasteiger partial charge in [-0.15, -0.1) is 0 Å². The third kappa shape index (κ3) is 3.73. The smallest absolute Gasteiger partial charge is 0.237 e. The summed E-state index contributed by atoms with van der Waals surface area (Å²) in [6.45, 7) is 2.04. The summed E-state index contributed by atoms with van der Waals surface area (Å²) < 4.78 is 26.4. The van der Waals surface area contributed by atoms with Crippen LogP contribution in [0.4, 0.5) is 8.78 Å². The van der Waals surface area contributed by atoms with E-state index >= 15 is 0 Å². The van der Waals surface area contributed by atoms with E-state index < -0.39 is 11.6 Å². The number of benzene rings is 1. The monoisotopic (exact) mass is 268 g/mol. The largest absolute Gasteiger partial charge is 0.351 e. The van der Waals surface area contributed by atoms with Crippen LogP contribution < -0.4 is 10.6 Å². The molecule has 0 saturated carbocycles. The minimum Gasteiger partial charge on any atom is -0.351 e. The summed E-state index contributed by atoms with van der Waals surface area (Å²) in [5.74, 6) is -1.17. The zero-order valence-corrected chi connectivity index (χ0v) is 10.9. The Bertz CT molecular complexity index is 465. The molecule has 0 aliphatic carbocycles. The summed E-state index contributed by atoms with van der Waals surface area (Å²) in [7, 11) is 0. The number of piperidine rings is 1. The number of hydrogen-bond donors (Lipinski definition) is 2. The van der Waals surface area contributed by atoms with Crippen molar-refractivity contribution in [1.29, 1.82) is 0 Å². The Balaban J connectivity index is 1.91. The van der Waals surface area contributed by atoms with Gasteiger partial charge in [0.05, 0.1) is 6.04 Å². The zero-order chi connectivity index (χ0) is 13.8. The van der Waals surface area contributed by atoms with Gasteiger partial charge in [-0.1, -0.05) is 0 Å². The quantitative estimate of drug-likeness (QED) is 0.881. The lowest BCUT2D eigenvalue weighted by molar-refractivity contribution is -0.124. The predicted molar refractivity (Wildman–Crippen MR) is 68.4 cm³/mol. The van der Waals surface area contributed by atoms with Gasteiger partial charge in [0.2, 0.25) is 5.91 Å². The van der Waals surface area contributed by atoms with E-state index in [1.807, 2.05) is 6.92 Å². The Morgan fingerprint density at radius 3 is 2.95 bits per heavy atom. The van der Waals surface area contributed by atoms with Gasteiger partial charge in [-0.05, 0) is 44.4 Å². The average molecular weight is 268 g/mol. The Morgan fingerprint density at radius 2 is 2.21 bits per heavy atom. The molecule has 5 heteroatoms. The van der Waals surface area contributed by atoms with Gasteiger partial charge < -0.3 is 10.6 Å². The van der Waals surface area contributed by atoms with Crippen LogP contribution in [0, 0.1) is 11.6 Å². The van der Waals surface area contributed by atoms with E-state index in [4.69, 9.17) is 0 Å². The van der Waals surface area contributed by atoms with E-state index in [1.165, 1.54) is 0 Å². The molecule has 0 radical (unpaired) electrons. The summed E-state index contributed by atoms with van der Waals surface area (Å²) in [6, 6.07) is 3.31. The second-order valence-electron chi connectivity index (χ2n) is 5.00. The topological polar surface area (TPSA) is 41.1 Å². The van der Waals surface area contributed by atoms with Crippen molar-refractivity contribution >= 4 is 5.91 Å². The van der Waals surface area contributed by atoms with Crippen LogP contribution in [0.25, 0.3) is 0 Å². The highest BCUT2D eigenvalue weighted by atomic mass is 19.1. The average Bonchev–Trinajstić information content (AvgIpc) is 2.39. The molecule has 3 nitrogen and oxygen atoms in total. The van der Waals surface area contributed by atoms with Gasteiger partial charge in [-0.2, -0.15) is 0 Å². The molecule has 19 heavy (non-hydrogen) atoms. The molecule has 1 aromatic carbocycles. The van der Waals surface area contributed by atoms with Crippen molar-refractivity contribution in [3.05, 3.63) is 35.4 Å². The second kappa shape index (κ2) is 6.10. The number of rotatable bonds is 3. The molecule has 104 valence electrons. The van der Waals surface area contributed by atoms with E-state index in [1.54, 1.807) is 0 Å². The van der Waals surface area contributed by atoms with E-state index in [0.29, 0.717) is 6.04 Å². The van der Waals surface area contributed by atoms with E-state index in [0.717, 1.165) is 37.5 Å². The fourth-order valence-electron chi connectivity index (χ4n) is 2.33. The number of hydrogen-bond acceptors (Lipinski definition) is 2. The molecule has 1 aliphatic heterocycles. The summed E-state index contributed by atoms with van der Waals surface area (Å²) in [4.78, 5) is 11.9. The van der Waals surface area contributed by atoms with Crippen LogP contribution in [-0.4, -0.2) is 18.0 Å². The molecule has 1 heterocycles. The van der Waals surface area contributed by atoms with E-state index in [-0.39, 0.29) is 24.1 Å². The van der Waals surface area contributed by atoms with Crippen LogP contribution in [0.2, 0.25) is 0 Å². The van der Waals surface area contributed by atoms with Gasteiger partial charge in [0.1, 0.15) is 11.6 Å². The molecule has 1 aliphatic rings. The molecule has 1 amide bonds. The van der Waals surface area contributed by atoms with Crippen LogP contribution in [0.3, 0.4) is 0 Å². The SMILES string of the molecule is CC1CCCC(C(=O)NCc2cc(F)ccc2F)N1. The van der Waals surface area contributed by atoms with Crippen LogP contribution in [0.1, 0.15) is 31.7 Å². The van der Waals surface area contributed by atoms with Gasteiger partial charge in [0, 0.05) is 18.2 Å². The second-order valence-corrected chi connectivity index (χ2v) is 5.00. The van der Waals surface area contributed by atoms with Crippen molar-refractivity contribution in [2.45, 2.75) is 44.8 Å². The van der Waals surface area contributed by atoms with E-state index in [9.17, 15) is 13.6 Å². The van der Waals surface area contributed by atoms with E-state index in [2.05, 4.69) is 10.6 Å². The molecular weight excluding hydrogens is 250 g/mol. The van der Waals surface area contributed by atoms with Crippen molar-refractivity contribution in [3.63, 3.8) is 0 Å². The number of halogens is 2. The maximum absolute atomic E-state index is 13.4. The molecule has 1 saturated heterocycles. The Kier molecular flexibility index (Phi) is 4.47. The maximum Gasteiger partial charge on any atom is 0.237 e. The van der Waals surface area contributed by atoms with Crippen molar-refractivity contribution in [1.82, 2.24) is 10.6 Å². The molecule has 2 atom stereocenters. The fraction of sp³-hybridized carbons (Fsp3) is 0.500. The zero-order valence-electron chi connectivity index (χ0n) is 10.9. The first kappa shape index (κ1) is 13.9. The lowest BCUT2D eigenvalue weighted by Crippen LogP contribution is -2.49. The first-order valence-corrected chi connectivity index (χ1v) is 6.54. The highest BCUT2D eigenvalue weighted by Crippen LogP contribution is 2.13. The molecule has 2 rings (SSSR count). The Labute approximate surface area is 111 Å². The van der Waals surface area contributed by atoms with Gasteiger partial charge in [-0.25, -0.2) is 8.78 Å². The number of carbonyl (C=O) groups excluding carboxylic acids is 1. The van der Waals surface area contributed by atoms with Gasteiger partial charge in [-0.3, -0.25) is 4.79 Å². The summed E-state index contributed by atoms with van der Waals surface area (Å²) in [5, 5.41) is 5.85.